The van der Waals surface area contributed by atoms with Gasteiger partial charge in [-0.3, -0.25) is 14.4 Å². The van der Waals surface area contributed by atoms with Crippen LogP contribution in [0, 0.1) is 0 Å². The summed E-state index contributed by atoms with van der Waals surface area (Å²) in [5.74, 6) is 0.654. The summed E-state index contributed by atoms with van der Waals surface area (Å²) in [4.78, 5) is 37.4. The molecule has 0 aliphatic carbocycles. The second kappa shape index (κ2) is 7.83. The Hall–Kier alpha value is -3.55. The molecule has 1 saturated heterocycles. The van der Waals surface area contributed by atoms with Gasteiger partial charge in [0.15, 0.2) is 12.7 Å². The van der Waals surface area contributed by atoms with Gasteiger partial charge in [0, 0.05) is 24.3 Å². The average Bonchev–Trinajstić information content (AvgIpc) is 3.14. The molecule has 0 bridgehead atoms. The zero-order chi connectivity index (χ0) is 20.4. The number of benzene rings is 2. The van der Waals surface area contributed by atoms with Gasteiger partial charge in [-0.15, -0.1) is 0 Å². The van der Waals surface area contributed by atoms with Crippen LogP contribution < -0.4 is 25.0 Å². The van der Waals surface area contributed by atoms with Gasteiger partial charge in [0.05, 0.1) is 5.69 Å². The van der Waals surface area contributed by atoms with Crippen LogP contribution in [0.1, 0.15) is 19.8 Å². The van der Waals surface area contributed by atoms with Gasteiger partial charge in [-0.2, -0.15) is 0 Å². The first-order valence-corrected chi connectivity index (χ1v) is 9.44. The van der Waals surface area contributed by atoms with Crippen LogP contribution in [0.25, 0.3) is 0 Å². The molecular weight excluding hydrogens is 374 g/mol. The Morgan fingerprint density at radius 2 is 2.03 bits per heavy atom. The summed E-state index contributed by atoms with van der Waals surface area (Å²) < 4.78 is 11.0. The van der Waals surface area contributed by atoms with Crippen molar-refractivity contribution in [3.63, 3.8) is 0 Å². The van der Waals surface area contributed by atoms with E-state index in [4.69, 9.17) is 9.47 Å². The second-order valence-electron chi connectivity index (χ2n) is 6.94. The Kier molecular flexibility index (Phi) is 5.07. The third-order valence-electron chi connectivity index (χ3n) is 4.79. The molecular formula is C21H21N3O5. The van der Waals surface area contributed by atoms with Crippen LogP contribution >= 0.6 is 0 Å². The smallest absolute Gasteiger partial charge is 0.265 e. The molecule has 150 valence electrons. The summed E-state index contributed by atoms with van der Waals surface area (Å²) >= 11 is 0. The Balaban J connectivity index is 1.32. The second-order valence-corrected chi connectivity index (χ2v) is 6.94. The first-order valence-electron chi connectivity index (χ1n) is 9.44. The summed E-state index contributed by atoms with van der Waals surface area (Å²) in [6.07, 6.45) is 0.899. The summed E-state index contributed by atoms with van der Waals surface area (Å²) in [5, 5.41) is 5.46. The Bertz CT molecular complexity index is 957. The van der Waals surface area contributed by atoms with E-state index in [-0.39, 0.29) is 24.3 Å². The van der Waals surface area contributed by atoms with Crippen molar-refractivity contribution in [2.45, 2.75) is 25.9 Å². The molecule has 2 heterocycles. The van der Waals surface area contributed by atoms with Crippen molar-refractivity contribution in [2.24, 2.45) is 0 Å². The van der Waals surface area contributed by atoms with E-state index in [2.05, 4.69) is 10.6 Å². The highest BCUT2D eigenvalue weighted by atomic mass is 16.5. The number of fused-ring (bicyclic) bond motifs is 1. The van der Waals surface area contributed by atoms with Gasteiger partial charge in [0.2, 0.25) is 5.91 Å². The van der Waals surface area contributed by atoms with Crippen LogP contribution in [-0.2, 0) is 14.4 Å². The van der Waals surface area contributed by atoms with E-state index in [0.717, 1.165) is 18.7 Å². The van der Waals surface area contributed by atoms with Crippen LogP contribution in [0.4, 0.5) is 17.1 Å². The molecule has 2 aliphatic rings. The van der Waals surface area contributed by atoms with Gasteiger partial charge < -0.3 is 25.0 Å². The average molecular weight is 395 g/mol. The largest absolute Gasteiger partial charge is 0.484 e. The minimum atomic E-state index is -0.550. The SMILES string of the molecule is C[C@H]1Oc2ccc(NC(=O)COc3ccc(N4CCCC4=O)cc3)cc2NC1=O. The lowest BCUT2D eigenvalue weighted by atomic mass is 10.2. The Morgan fingerprint density at radius 1 is 1.24 bits per heavy atom. The molecule has 2 N–H and O–H groups in total. The molecule has 3 amide bonds. The van der Waals surface area contributed by atoms with Gasteiger partial charge in [-0.25, -0.2) is 0 Å². The number of hydrogen-bond acceptors (Lipinski definition) is 5. The molecule has 2 aromatic rings. The first kappa shape index (κ1) is 18.8. The molecule has 1 fully saturated rings. The van der Waals surface area contributed by atoms with E-state index >= 15 is 0 Å². The molecule has 29 heavy (non-hydrogen) atoms. The van der Waals surface area contributed by atoms with Crippen LogP contribution in [0.2, 0.25) is 0 Å². The Morgan fingerprint density at radius 3 is 2.76 bits per heavy atom. The van der Waals surface area contributed by atoms with E-state index in [1.807, 2.05) is 12.1 Å². The Labute approximate surface area is 167 Å². The van der Waals surface area contributed by atoms with Gasteiger partial charge in [-0.05, 0) is 55.8 Å². The van der Waals surface area contributed by atoms with Gasteiger partial charge in [0.1, 0.15) is 11.5 Å². The van der Waals surface area contributed by atoms with Crippen molar-refractivity contribution in [1.29, 1.82) is 0 Å². The molecule has 4 rings (SSSR count). The maximum absolute atomic E-state index is 12.2. The molecule has 8 nitrogen and oxygen atoms in total. The number of rotatable bonds is 5. The van der Waals surface area contributed by atoms with Gasteiger partial charge in [0.25, 0.3) is 11.8 Å². The van der Waals surface area contributed by atoms with Gasteiger partial charge >= 0.3 is 0 Å². The van der Waals surface area contributed by atoms with E-state index in [9.17, 15) is 14.4 Å². The van der Waals surface area contributed by atoms with E-state index in [1.54, 1.807) is 42.2 Å². The minimum absolute atomic E-state index is 0.124. The number of anilines is 3. The van der Waals surface area contributed by atoms with Crippen molar-refractivity contribution in [3.8, 4) is 11.5 Å². The highest BCUT2D eigenvalue weighted by Crippen LogP contribution is 2.32. The minimum Gasteiger partial charge on any atom is -0.484 e. The summed E-state index contributed by atoms with van der Waals surface area (Å²) in [6, 6.07) is 12.1. The monoisotopic (exact) mass is 395 g/mol. The topological polar surface area (TPSA) is 97.0 Å². The zero-order valence-electron chi connectivity index (χ0n) is 15.9. The molecule has 2 aromatic carbocycles. The van der Waals surface area contributed by atoms with E-state index < -0.39 is 6.10 Å². The third-order valence-corrected chi connectivity index (χ3v) is 4.79. The maximum Gasteiger partial charge on any atom is 0.265 e. The highest BCUT2D eigenvalue weighted by molar-refractivity contribution is 5.99. The molecule has 0 spiro atoms. The zero-order valence-corrected chi connectivity index (χ0v) is 15.9. The van der Waals surface area contributed by atoms with Gasteiger partial charge in [-0.1, -0.05) is 0 Å². The van der Waals surface area contributed by atoms with Crippen molar-refractivity contribution in [2.75, 3.05) is 28.7 Å². The van der Waals surface area contributed by atoms with Crippen molar-refractivity contribution < 1.29 is 23.9 Å². The fourth-order valence-corrected chi connectivity index (χ4v) is 3.28. The molecule has 0 radical (unpaired) electrons. The predicted molar refractivity (Wildman–Crippen MR) is 107 cm³/mol. The number of nitrogens with zero attached hydrogens (tertiary/aromatic N) is 1. The van der Waals surface area contributed by atoms with Crippen molar-refractivity contribution in [1.82, 2.24) is 0 Å². The van der Waals surface area contributed by atoms with Crippen LogP contribution in [-0.4, -0.2) is 37.0 Å². The molecule has 2 aliphatic heterocycles. The predicted octanol–water partition coefficient (Wildman–Crippen LogP) is 2.55. The first-order chi connectivity index (χ1) is 14.0. The fourth-order valence-electron chi connectivity index (χ4n) is 3.28. The number of carbonyl (C=O) groups is 3. The molecule has 0 saturated carbocycles. The standard InChI is InChI=1S/C21H21N3O5/c1-13-21(27)23-17-11-14(4-9-18(17)29-13)22-19(25)12-28-16-7-5-15(6-8-16)24-10-2-3-20(24)26/h4-9,11,13H,2-3,10,12H2,1H3,(H,22,25)(H,23,27)/t13-/m1/s1. The summed E-state index contributed by atoms with van der Waals surface area (Å²) in [6.45, 7) is 2.23. The fraction of sp³-hybridized carbons (Fsp3) is 0.286. The lowest BCUT2D eigenvalue weighted by Crippen LogP contribution is -2.34. The van der Waals surface area contributed by atoms with Crippen molar-refractivity contribution in [3.05, 3.63) is 42.5 Å². The van der Waals surface area contributed by atoms with Crippen LogP contribution in [0.3, 0.4) is 0 Å². The maximum atomic E-state index is 12.2. The third kappa shape index (κ3) is 4.16. The van der Waals surface area contributed by atoms with Crippen LogP contribution in [0.5, 0.6) is 11.5 Å². The number of hydrogen-bond donors (Lipinski definition) is 2. The van der Waals surface area contributed by atoms with E-state index in [0.29, 0.717) is 29.3 Å². The lowest BCUT2D eigenvalue weighted by Gasteiger charge is -2.23. The summed E-state index contributed by atoms with van der Waals surface area (Å²) in [5.41, 5.74) is 1.87. The number of ether oxygens (including phenoxy) is 2. The molecule has 0 aromatic heterocycles. The normalized spacial score (nSPS) is 18.0. The molecule has 8 heteroatoms. The van der Waals surface area contributed by atoms with Crippen LogP contribution in [0.15, 0.2) is 42.5 Å². The molecule has 1 atom stereocenters. The lowest BCUT2D eigenvalue weighted by molar-refractivity contribution is -0.122. The number of nitrogens with one attached hydrogen (secondary N) is 2. The quantitative estimate of drug-likeness (QED) is 0.811. The van der Waals surface area contributed by atoms with E-state index in [1.165, 1.54) is 0 Å². The number of carbonyl (C=O) groups excluding carboxylic acids is 3. The highest BCUT2D eigenvalue weighted by Gasteiger charge is 2.24. The molecule has 0 unspecified atom stereocenters. The number of amides is 3. The van der Waals surface area contributed by atoms with Crippen molar-refractivity contribution >= 4 is 34.8 Å². The summed E-state index contributed by atoms with van der Waals surface area (Å²) in [7, 11) is 0.